The third-order valence-corrected chi connectivity index (χ3v) is 4.83. The maximum Gasteiger partial charge on any atom is 0.151 e. The van der Waals surface area contributed by atoms with Gasteiger partial charge in [0, 0.05) is 37.1 Å². The molecule has 0 atom stereocenters. The number of hydrogen-bond donors (Lipinski definition) is 1. The molecule has 1 aliphatic heterocycles. The zero-order valence-electron chi connectivity index (χ0n) is 14.1. The Kier molecular flexibility index (Phi) is 4.38. The molecule has 25 heavy (non-hydrogen) atoms. The molecule has 6 nitrogen and oxygen atoms in total. The van der Waals surface area contributed by atoms with E-state index in [4.69, 9.17) is 4.52 Å². The standard InChI is InChI=1S/C19H22N4O2/c24-19(14-23-11-8-20-15-23)6-9-22(10-7-19)13-17-12-18(21-25-17)16-4-2-1-3-5-16/h1-5,8,11-12,15,24H,6-7,9-10,13-14H2. The molecule has 6 heteroatoms. The molecule has 0 saturated carbocycles. The summed E-state index contributed by atoms with van der Waals surface area (Å²) in [5.41, 5.74) is 1.27. The number of imidazole rings is 1. The van der Waals surface area contributed by atoms with Crippen molar-refractivity contribution in [3.05, 3.63) is 60.9 Å². The van der Waals surface area contributed by atoms with Gasteiger partial charge in [-0.3, -0.25) is 4.90 Å². The summed E-state index contributed by atoms with van der Waals surface area (Å²) in [6, 6.07) is 12.0. The first-order valence-corrected chi connectivity index (χ1v) is 8.62. The van der Waals surface area contributed by atoms with Crippen LogP contribution in [0.25, 0.3) is 11.3 Å². The lowest BCUT2D eigenvalue weighted by atomic mass is 9.91. The van der Waals surface area contributed by atoms with Crippen molar-refractivity contribution in [2.75, 3.05) is 13.1 Å². The van der Waals surface area contributed by atoms with Crippen LogP contribution in [0.3, 0.4) is 0 Å². The minimum atomic E-state index is -0.659. The molecule has 0 aliphatic carbocycles. The molecule has 3 heterocycles. The van der Waals surface area contributed by atoms with Crippen LogP contribution in [0.15, 0.2) is 59.6 Å². The largest absolute Gasteiger partial charge is 0.388 e. The predicted octanol–water partition coefficient (Wildman–Crippen LogP) is 2.57. The highest BCUT2D eigenvalue weighted by atomic mass is 16.5. The normalized spacial score (nSPS) is 17.6. The van der Waals surface area contributed by atoms with Crippen molar-refractivity contribution in [3.63, 3.8) is 0 Å². The maximum atomic E-state index is 10.8. The molecule has 0 amide bonds. The number of piperidine rings is 1. The van der Waals surface area contributed by atoms with E-state index in [1.165, 1.54) is 0 Å². The lowest BCUT2D eigenvalue weighted by molar-refractivity contribution is -0.0370. The molecule has 0 bridgehead atoms. The van der Waals surface area contributed by atoms with Crippen LogP contribution in [-0.2, 0) is 13.1 Å². The molecule has 2 aromatic heterocycles. The van der Waals surface area contributed by atoms with Gasteiger partial charge in [-0.25, -0.2) is 4.98 Å². The Labute approximate surface area is 146 Å². The average molecular weight is 338 g/mol. The highest BCUT2D eigenvalue weighted by molar-refractivity contribution is 5.58. The fourth-order valence-corrected chi connectivity index (χ4v) is 3.36. The van der Waals surface area contributed by atoms with E-state index in [1.807, 2.05) is 47.2 Å². The molecule has 4 rings (SSSR count). The third kappa shape index (κ3) is 3.81. The van der Waals surface area contributed by atoms with Gasteiger partial charge in [0.25, 0.3) is 0 Å². The van der Waals surface area contributed by atoms with Crippen LogP contribution < -0.4 is 0 Å². The van der Waals surface area contributed by atoms with Crippen molar-refractivity contribution in [1.29, 1.82) is 0 Å². The molecule has 1 fully saturated rings. The van der Waals surface area contributed by atoms with Gasteiger partial charge in [0.1, 0.15) is 5.69 Å². The van der Waals surface area contributed by atoms with Gasteiger partial charge in [0.15, 0.2) is 5.76 Å². The second kappa shape index (κ2) is 6.82. The van der Waals surface area contributed by atoms with E-state index in [1.54, 1.807) is 12.5 Å². The summed E-state index contributed by atoms with van der Waals surface area (Å²) in [6.45, 7) is 3.00. The van der Waals surface area contributed by atoms with Crippen LogP contribution in [0.4, 0.5) is 0 Å². The van der Waals surface area contributed by atoms with E-state index < -0.39 is 5.60 Å². The summed E-state index contributed by atoms with van der Waals surface area (Å²) in [5, 5.41) is 14.9. The van der Waals surface area contributed by atoms with E-state index in [-0.39, 0.29) is 0 Å². The summed E-state index contributed by atoms with van der Waals surface area (Å²) in [6.07, 6.45) is 6.87. The van der Waals surface area contributed by atoms with Crippen LogP contribution >= 0.6 is 0 Å². The van der Waals surface area contributed by atoms with Crippen molar-refractivity contribution >= 4 is 0 Å². The van der Waals surface area contributed by atoms with Crippen molar-refractivity contribution < 1.29 is 9.63 Å². The molecule has 1 aromatic carbocycles. The zero-order valence-corrected chi connectivity index (χ0v) is 14.1. The van der Waals surface area contributed by atoms with Gasteiger partial charge in [-0.1, -0.05) is 35.5 Å². The molecule has 130 valence electrons. The van der Waals surface area contributed by atoms with E-state index in [9.17, 15) is 5.11 Å². The smallest absolute Gasteiger partial charge is 0.151 e. The number of rotatable bonds is 5. The van der Waals surface area contributed by atoms with Crippen LogP contribution in [0.1, 0.15) is 18.6 Å². The fraction of sp³-hybridized carbons (Fsp3) is 0.368. The van der Waals surface area contributed by atoms with Gasteiger partial charge in [0.05, 0.1) is 25.0 Å². The fourth-order valence-electron chi connectivity index (χ4n) is 3.36. The Hall–Kier alpha value is -2.44. The zero-order chi connectivity index (χ0) is 17.1. The number of hydrogen-bond acceptors (Lipinski definition) is 5. The highest BCUT2D eigenvalue weighted by Crippen LogP contribution is 2.26. The number of benzene rings is 1. The van der Waals surface area contributed by atoms with Gasteiger partial charge in [-0.2, -0.15) is 0 Å². The quantitative estimate of drug-likeness (QED) is 0.774. The number of aliphatic hydroxyl groups is 1. The molecule has 1 aliphatic rings. The first kappa shape index (κ1) is 16.1. The van der Waals surface area contributed by atoms with Gasteiger partial charge >= 0.3 is 0 Å². The predicted molar refractivity (Wildman–Crippen MR) is 93.6 cm³/mol. The first-order chi connectivity index (χ1) is 12.2. The minimum absolute atomic E-state index is 0.599. The Morgan fingerprint density at radius 1 is 1.16 bits per heavy atom. The van der Waals surface area contributed by atoms with Gasteiger partial charge < -0.3 is 14.2 Å². The van der Waals surface area contributed by atoms with Crippen LogP contribution in [-0.4, -0.2) is 43.4 Å². The molecule has 0 radical (unpaired) electrons. The van der Waals surface area contributed by atoms with Gasteiger partial charge in [-0.15, -0.1) is 0 Å². The number of nitrogens with zero attached hydrogens (tertiary/aromatic N) is 4. The molecule has 3 aromatic rings. The summed E-state index contributed by atoms with van der Waals surface area (Å²) in [4.78, 5) is 6.34. The first-order valence-electron chi connectivity index (χ1n) is 8.62. The van der Waals surface area contributed by atoms with Crippen LogP contribution in [0, 0.1) is 0 Å². The Morgan fingerprint density at radius 3 is 2.68 bits per heavy atom. The second-order valence-corrected chi connectivity index (χ2v) is 6.78. The summed E-state index contributed by atoms with van der Waals surface area (Å²) in [7, 11) is 0. The third-order valence-electron chi connectivity index (χ3n) is 4.83. The SMILES string of the molecule is OC1(Cn2ccnc2)CCN(Cc2cc(-c3ccccc3)no2)CC1. The Balaban J connectivity index is 1.34. The van der Waals surface area contributed by atoms with Gasteiger partial charge in [-0.05, 0) is 12.8 Å². The monoisotopic (exact) mass is 338 g/mol. The molecular weight excluding hydrogens is 316 g/mol. The molecule has 1 N–H and O–H groups in total. The van der Waals surface area contributed by atoms with E-state index in [2.05, 4.69) is 15.0 Å². The lowest BCUT2D eigenvalue weighted by Gasteiger charge is -2.37. The topological polar surface area (TPSA) is 67.3 Å². The molecular formula is C19H22N4O2. The second-order valence-electron chi connectivity index (χ2n) is 6.78. The Bertz CT molecular complexity index is 790. The van der Waals surface area contributed by atoms with Crippen molar-refractivity contribution in [2.45, 2.75) is 31.5 Å². The minimum Gasteiger partial charge on any atom is -0.388 e. The van der Waals surface area contributed by atoms with Crippen LogP contribution in [0.5, 0.6) is 0 Å². The van der Waals surface area contributed by atoms with Crippen molar-refractivity contribution in [2.24, 2.45) is 0 Å². The lowest BCUT2D eigenvalue weighted by Crippen LogP contribution is -2.46. The van der Waals surface area contributed by atoms with Crippen LogP contribution in [0.2, 0.25) is 0 Å². The highest BCUT2D eigenvalue weighted by Gasteiger charge is 2.32. The maximum absolute atomic E-state index is 10.8. The number of aromatic nitrogens is 3. The molecule has 0 spiro atoms. The molecule has 0 unspecified atom stereocenters. The average Bonchev–Trinajstić information content (AvgIpc) is 3.30. The summed E-state index contributed by atoms with van der Waals surface area (Å²) in [5.74, 6) is 0.860. The summed E-state index contributed by atoms with van der Waals surface area (Å²) >= 11 is 0. The summed E-state index contributed by atoms with van der Waals surface area (Å²) < 4.78 is 7.44. The van der Waals surface area contributed by atoms with Gasteiger partial charge in [0.2, 0.25) is 0 Å². The Morgan fingerprint density at radius 2 is 1.96 bits per heavy atom. The number of likely N-dealkylation sites (tertiary alicyclic amines) is 1. The van der Waals surface area contributed by atoms with E-state index >= 15 is 0 Å². The van der Waals surface area contributed by atoms with E-state index in [0.717, 1.165) is 49.5 Å². The van der Waals surface area contributed by atoms with Crippen molar-refractivity contribution in [3.8, 4) is 11.3 Å². The molecule has 1 saturated heterocycles. The van der Waals surface area contributed by atoms with Crippen molar-refractivity contribution in [1.82, 2.24) is 19.6 Å². The van der Waals surface area contributed by atoms with E-state index in [0.29, 0.717) is 6.54 Å².